The molecule has 14 heavy (non-hydrogen) atoms. The van der Waals surface area contributed by atoms with Gasteiger partial charge in [-0.25, -0.2) is 0 Å². The Kier molecular flexibility index (Phi) is 5.93. The molecule has 0 spiro atoms. The Balaban J connectivity index is 4.37. The van der Waals surface area contributed by atoms with E-state index in [-0.39, 0.29) is 6.42 Å². The van der Waals surface area contributed by atoms with E-state index in [1.54, 1.807) is 0 Å². The number of aliphatic carboxylic acids is 1. The van der Waals surface area contributed by atoms with Crippen molar-refractivity contribution in [3.8, 4) is 0 Å². The smallest absolute Gasteiger partial charge is 0.303 e. The first-order chi connectivity index (χ1) is 6.43. The van der Waals surface area contributed by atoms with Gasteiger partial charge in [0, 0.05) is 6.42 Å². The van der Waals surface area contributed by atoms with Crippen LogP contribution in [0.1, 0.15) is 40.5 Å². The lowest BCUT2D eigenvalue weighted by Crippen LogP contribution is -2.00. The van der Waals surface area contributed by atoms with Crippen molar-refractivity contribution < 1.29 is 9.90 Å². The van der Waals surface area contributed by atoms with E-state index in [1.807, 2.05) is 26.0 Å². The molecule has 0 aliphatic carbocycles. The molecular formula is C12H20O2. The zero-order valence-corrected chi connectivity index (χ0v) is 9.50. The largest absolute Gasteiger partial charge is 0.481 e. The van der Waals surface area contributed by atoms with E-state index in [1.165, 1.54) is 11.1 Å². The highest BCUT2D eigenvalue weighted by atomic mass is 16.4. The average molecular weight is 196 g/mol. The molecule has 1 N–H and O–H groups in total. The summed E-state index contributed by atoms with van der Waals surface area (Å²) >= 11 is 0. The lowest BCUT2D eigenvalue weighted by molar-refractivity contribution is -0.136. The van der Waals surface area contributed by atoms with E-state index in [4.69, 9.17) is 5.11 Å². The second-order valence-electron chi connectivity index (χ2n) is 4.03. The van der Waals surface area contributed by atoms with Gasteiger partial charge in [-0.1, -0.05) is 37.1 Å². The van der Waals surface area contributed by atoms with Crippen LogP contribution in [-0.4, -0.2) is 11.1 Å². The summed E-state index contributed by atoms with van der Waals surface area (Å²) in [4.78, 5) is 10.4. The van der Waals surface area contributed by atoms with Crippen molar-refractivity contribution in [2.45, 2.75) is 40.5 Å². The molecular weight excluding hydrogens is 176 g/mol. The van der Waals surface area contributed by atoms with Gasteiger partial charge >= 0.3 is 5.97 Å². The molecule has 2 heteroatoms. The Morgan fingerprint density at radius 1 is 1.21 bits per heavy atom. The van der Waals surface area contributed by atoms with Crippen LogP contribution < -0.4 is 0 Å². The van der Waals surface area contributed by atoms with Crippen LogP contribution in [0.15, 0.2) is 23.3 Å². The molecule has 0 saturated carbocycles. The van der Waals surface area contributed by atoms with Crippen molar-refractivity contribution in [2.75, 3.05) is 0 Å². The molecule has 0 heterocycles. The highest BCUT2D eigenvalue weighted by Gasteiger charge is 2.05. The second kappa shape index (κ2) is 6.41. The molecule has 0 aliphatic rings. The van der Waals surface area contributed by atoms with Gasteiger partial charge in [0.15, 0.2) is 0 Å². The maximum Gasteiger partial charge on any atom is 0.303 e. The molecule has 0 aromatic heterocycles. The minimum Gasteiger partial charge on any atom is -0.481 e. The Morgan fingerprint density at radius 3 is 2.14 bits per heavy atom. The second-order valence-corrected chi connectivity index (χ2v) is 4.03. The van der Waals surface area contributed by atoms with Crippen LogP contribution in [0.5, 0.6) is 0 Å². The molecule has 0 aliphatic heterocycles. The van der Waals surface area contributed by atoms with Crippen molar-refractivity contribution in [3.05, 3.63) is 23.3 Å². The van der Waals surface area contributed by atoms with Crippen LogP contribution in [-0.2, 0) is 4.79 Å². The summed E-state index contributed by atoms with van der Waals surface area (Å²) in [6.45, 7) is 8.25. The van der Waals surface area contributed by atoms with E-state index in [2.05, 4.69) is 13.8 Å². The van der Waals surface area contributed by atoms with E-state index < -0.39 is 5.97 Å². The standard InChI is InChI=1S/C12H20O2/c1-9(2)5-6-11(10(3)4)7-8-12(13)14/h5-6,10H,7-8H2,1-4H3,(H,13,14). The molecule has 2 nitrogen and oxygen atoms in total. The van der Waals surface area contributed by atoms with Crippen molar-refractivity contribution in [2.24, 2.45) is 5.92 Å². The third-order valence-corrected chi connectivity index (χ3v) is 2.00. The van der Waals surface area contributed by atoms with Gasteiger partial charge in [0.25, 0.3) is 0 Å². The molecule has 0 atom stereocenters. The lowest BCUT2D eigenvalue weighted by atomic mass is 9.97. The monoisotopic (exact) mass is 196 g/mol. The van der Waals surface area contributed by atoms with Crippen molar-refractivity contribution >= 4 is 5.97 Å². The molecule has 0 fully saturated rings. The third kappa shape index (κ3) is 6.46. The van der Waals surface area contributed by atoms with Crippen LogP contribution in [0.4, 0.5) is 0 Å². The molecule has 0 radical (unpaired) electrons. The average Bonchev–Trinajstić information content (AvgIpc) is 2.02. The Hall–Kier alpha value is -1.05. The van der Waals surface area contributed by atoms with Crippen LogP contribution in [0.25, 0.3) is 0 Å². The minimum absolute atomic E-state index is 0.223. The normalized spacial score (nSPS) is 11.6. The van der Waals surface area contributed by atoms with Crippen molar-refractivity contribution in [3.63, 3.8) is 0 Å². The fourth-order valence-electron chi connectivity index (χ4n) is 1.09. The fourth-order valence-corrected chi connectivity index (χ4v) is 1.09. The van der Waals surface area contributed by atoms with E-state index in [0.717, 1.165) is 0 Å². The predicted octanol–water partition coefficient (Wildman–Crippen LogP) is 3.40. The molecule has 0 saturated heterocycles. The SMILES string of the molecule is CC(C)=CC=C(CCC(=O)O)C(C)C. The van der Waals surface area contributed by atoms with Gasteiger partial charge < -0.3 is 5.11 Å². The van der Waals surface area contributed by atoms with Gasteiger partial charge in [0.05, 0.1) is 0 Å². The molecule has 0 aromatic carbocycles. The molecule has 0 unspecified atom stereocenters. The zero-order chi connectivity index (χ0) is 11.1. The summed E-state index contributed by atoms with van der Waals surface area (Å²) in [5, 5.41) is 8.58. The van der Waals surface area contributed by atoms with Crippen LogP contribution in [0, 0.1) is 5.92 Å². The first-order valence-corrected chi connectivity index (χ1v) is 4.99. The maximum absolute atomic E-state index is 10.4. The van der Waals surface area contributed by atoms with Gasteiger partial charge in [0.2, 0.25) is 0 Å². The first-order valence-electron chi connectivity index (χ1n) is 4.99. The first kappa shape index (κ1) is 12.9. The van der Waals surface area contributed by atoms with Gasteiger partial charge in [-0.2, -0.15) is 0 Å². The quantitative estimate of drug-likeness (QED) is 0.684. The molecule has 0 rings (SSSR count). The summed E-state index contributed by atoms with van der Waals surface area (Å²) < 4.78 is 0. The number of carboxylic acid groups (broad SMARTS) is 1. The molecule has 0 bridgehead atoms. The Labute approximate surface area is 86.3 Å². The van der Waals surface area contributed by atoms with Gasteiger partial charge in [-0.3, -0.25) is 4.79 Å². The molecule has 80 valence electrons. The van der Waals surface area contributed by atoms with Gasteiger partial charge in [-0.05, 0) is 26.2 Å². The van der Waals surface area contributed by atoms with Crippen LogP contribution >= 0.6 is 0 Å². The van der Waals surface area contributed by atoms with Gasteiger partial charge in [0.1, 0.15) is 0 Å². The maximum atomic E-state index is 10.4. The predicted molar refractivity (Wildman–Crippen MR) is 59.2 cm³/mol. The van der Waals surface area contributed by atoms with Crippen molar-refractivity contribution in [1.29, 1.82) is 0 Å². The number of hydrogen-bond acceptors (Lipinski definition) is 1. The topological polar surface area (TPSA) is 37.3 Å². The number of carbonyl (C=O) groups is 1. The van der Waals surface area contributed by atoms with E-state index in [9.17, 15) is 4.79 Å². The highest BCUT2D eigenvalue weighted by molar-refractivity contribution is 5.67. The number of rotatable bonds is 5. The summed E-state index contributed by atoms with van der Waals surface area (Å²) in [6, 6.07) is 0. The third-order valence-electron chi connectivity index (χ3n) is 2.00. The summed E-state index contributed by atoms with van der Waals surface area (Å²) in [6.07, 6.45) is 4.96. The minimum atomic E-state index is -0.728. The summed E-state index contributed by atoms with van der Waals surface area (Å²) in [7, 11) is 0. The van der Waals surface area contributed by atoms with Crippen LogP contribution in [0.2, 0.25) is 0 Å². The fraction of sp³-hybridized carbons (Fsp3) is 0.583. The van der Waals surface area contributed by atoms with Crippen LogP contribution in [0.3, 0.4) is 0 Å². The van der Waals surface area contributed by atoms with Crippen molar-refractivity contribution in [1.82, 2.24) is 0 Å². The number of allylic oxidation sites excluding steroid dienone is 4. The summed E-state index contributed by atoms with van der Waals surface area (Å²) in [5.74, 6) is -0.307. The molecule has 0 aromatic rings. The number of hydrogen-bond donors (Lipinski definition) is 1. The van der Waals surface area contributed by atoms with Gasteiger partial charge in [-0.15, -0.1) is 0 Å². The van der Waals surface area contributed by atoms with E-state index >= 15 is 0 Å². The molecule has 0 amide bonds. The highest BCUT2D eigenvalue weighted by Crippen LogP contribution is 2.16. The zero-order valence-electron chi connectivity index (χ0n) is 9.50. The lowest BCUT2D eigenvalue weighted by Gasteiger charge is -2.08. The number of carboxylic acids is 1. The summed E-state index contributed by atoms with van der Waals surface area (Å²) in [5.41, 5.74) is 2.44. The van der Waals surface area contributed by atoms with E-state index in [0.29, 0.717) is 12.3 Å². The Bertz CT molecular complexity index is 243. The Morgan fingerprint density at radius 2 is 1.79 bits per heavy atom.